The van der Waals surface area contributed by atoms with Crippen molar-refractivity contribution in [3.8, 4) is 0 Å². The Balaban J connectivity index is 0.00000676. The minimum atomic E-state index is 0. The van der Waals surface area contributed by atoms with E-state index in [0.29, 0.717) is 0 Å². The fourth-order valence-electron chi connectivity index (χ4n) is 3.70. The zero-order valence-electron chi connectivity index (χ0n) is 18.4. The van der Waals surface area contributed by atoms with Gasteiger partial charge in [0.15, 0.2) is 0 Å². The van der Waals surface area contributed by atoms with Crippen molar-refractivity contribution in [2.24, 2.45) is 0 Å². The fraction of sp³-hybridized carbons (Fsp3) is 0.760. The lowest BCUT2D eigenvalue weighted by Crippen LogP contribution is -2.12. The minimum absolute atomic E-state index is 0. The van der Waals surface area contributed by atoms with Gasteiger partial charge in [-0.15, -0.1) is 0 Å². The van der Waals surface area contributed by atoms with E-state index in [1.165, 1.54) is 115 Å². The number of aryl methyl sites for hydroxylation is 1. The second-order valence-corrected chi connectivity index (χ2v) is 8.34. The number of benzene rings is 1. The summed E-state index contributed by atoms with van der Waals surface area (Å²) in [6.45, 7) is 1.26. The van der Waals surface area contributed by atoms with Gasteiger partial charge in [-0.3, -0.25) is 0 Å². The zero-order valence-corrected chi connectivity index (χ0v) is 18.4. The van der Waals surface area contributed by atoms with E-state index in [-0.39, 0.29) is 5.48 Å². The van der Waals surface area contributed by atoms with Crippen molar-refractivity contribution in [2.45, 2.75) is 103 Å². The standard InChI is InChI=1S/C25H45N.H2O/c1-26(2)24-20-15-13-11-9-7-5-3-4-6-8-10-12-14-17-21-25-22-18-16-19-23-25;/h16,18-19,22-23H,3-15,17,20-21,24H2,1-2H3;1H2. The van der Waals surface area contributed by atoms with E-state index in [0.717, 1.165) is 0 Å². The van der Waals surface area contributed by atoms with Crippen LogP contribution < -0.4 is 0 Å². The van der Waals surface area contributed by atoms with Crippen LogP contribution in [0.4, 0.5) is 0 Å². The van der Waals surface area contributed by atoms with Gasteiger partial charge in [-0.05, 0) is 45.5 Å². The summed E-state index contributed by atoms with van der Waals surface area (Å²) in [4.78, 5) is 2.30. The molecule has 0 aromatic heterocycles. The third-order valence-corrected chi connectivity index (χ3v) is 5.41. The van der Waals surface area contributed by atoms with Crippen molar-refractivity contribution < 1.29 is 5.48 Å². The van der Waals surface area contributed by atoms with Crippen molar-refractivity contribution in [2.75, 3.05) is 20.6 Å². The number of hydrogen-bond acceptors (Lipinski definition) is 1. The summed E-state index contributed by atoms with van der Waals surface area (Å²) in [5.74, 6) is 0. The van der Waals surface area contributed by atoms with Gasteiger partial charge in [0.25, 0.3) is 0 Å². The molecular weight excluding hydrogens is 330 g/mol. The van der Waals surface area contributed by atoms with Crippen LogP contribution in [-0.2, 0) is 6.42 Å². The molecule has 0 atom stereocenters. The monoisotopic (exact) mass is 377 g/mol. The highest BCUT2D eigenvalue weighted by Crippen LogP contribution is 2.14. The Hall–Kier alpha value is -0.860. The van der Waals surface area contributed by atoms with Crippen LogP contribution in [0, 0.1) is 0 Å². The SMILES string of the molecule is CN(C)CCCCCCCCCCCCCCCCCc1ccccc1.O. The third-order valence-electron chi connectivity index (χ3n) is 5.41. The van der Waals surface area contributed by atoms with Gasteiger partial charge in [0, 0.05) is 0 Å². The quantitative estimate of drug-likeness (QED) is 0.258. The van der Waals surface area contributed by atoms with Gasteiger partial charge in [-0.1, -0.05) is 114 Å². The molecule has 2 N–H and O–H groups in total. The Morgan fingerprint density at radius 3 is 1.30 bits per heavy atom. The summed E-state index contributed by atoms with van der Waals surface area (Å²) in [7, 11) is 4.35. The van der Waals surface area contributed by atoms with E-state index in [2.05, 4.69) is 49.3 Å². The summed E-state index contributed by atoms with van der Waals surface area (Å²) < 4.78 is 0. The molecule has 0 saturated heterocycles. The van der Waals surface area contributed by atoms with Gasteiger partial charge in [-0.25, -0.2) is 0 Å². The lowest BCUT2D eigenvalue weighted by atomic mass is 10.0. The largest absolute Gasteiger partial charge is 0.412 e. The molecule has 0 fully saturated rings. The van der Waals surface area contributed by atoms with E-state index in [1.807, 2.05) is 0 Å². The van der Waals surface area contributed by atoms with Crippen molar-refractivity contribution in [3.63, 3.8) is 0 Å². The van der Waals surface area contributed by atoms with Crippen molar-refractivity contribution in [1.29, 1.82) is 0 Å². The minimum Gasteiger partial charge on any atom is -0.412 e. The topological polar surface area (TPSA) is 34.7 Å². The molecule has 2 heteroatoms. The van der Waals surface area contributed by atoms with Gasteiger partial charge in [-0.2, -0.15) is 0 Å². The normalized spacial score (nSPS) is 10.9. The number of hydrogen-bond donors (Lipinski definition) is 0. The van der Waals surface area contributed by atoms with E-state index in [4.69, 9.17) is 0 Å². The molecule has 0 spiro atoms. The highest BCUT2D eigenvalue weighted by atomic mass is 16.0. The van der Waals surface area contributed by atoms with Crippen molar-refractivity contribution in [1.82, 2.24) is 4.90 Å². The predicted molar refractivity (Wildman–Crippen MR) is 122 cm³/mol. The molecule has 27 heavy (non-hydrogen) atoms. The van der Waals surface area contributed by atoms with E-state index in [9.17, 15) is 0 Å². The molecule has 0 aliphatic rings. The summed E-state index contributed by atoms with van der Waals surface area (Å²) in [5, 5.41) is 0. The highest BCUT2D eigenvalue weighted by Gasteiger charge is 1.96. The summed E-state index contributed by atoms with van der Waals surface area (Å²) in [6.07, 6.45) is 22.8. The molecule has 0 aliphatic carbocycles. The van der Waals surface area contributed by atoms with E-state index < -0.39 is 0 Å². The Bertz CT molecular complexity index is 391. The van der Waals surface area contributed by atoms with Gasteiger partial charge in [0.2, 0.25) is 0 Å². The maximum Gasteiger partial charge on any atom is -0.00248 e. The molecule has 0 bridgehead atoms. The highest BCUT2D eigenvalue weighted by molar-refractivity contribution is 5.14. The lowest BCUT2D eigenvalue weighted by Gasteiger charge is -2.08. The molecular formula is C25H47NO. The van der Waals surface area contributed by atoms with Crippen LogP contribution in [0.3, 0.4) is 0 Å². The molecule has 1 aromatic rings. The first-order valence-corrected chi connectivity index (χ1v) is 11.5. The van der Waals surface area contributed by atoms with Gasteiger partial charge in [0.05, 0.1) is 0 Å². The molecule has 1 rings (SSSR count). The summed E-state index contributed by atoms with van der Waals surface area (Å²) in [5.41, 5.74) is 1.50. The van der Waals surface area contributed by atoms with Crippen LogP contribution in [0.2, 0.25) is 0 Å². The van der Waals surface area contributed by atoms with E-state index in [1.54, 1.807) is 0 Å². The van der Waals surface area contributed by atoms with Crippen LogP contribution in [0.15, 0.2) is 30.3 Å². The van der Waals surface area contributed by atoms with Crippen LogP contribution in [0.5, 0.6) is 0 Å². The van der Waals surface area contributed by atoms with E-state index >= 15 is 0 Å². The van der Waals surface area contributed by atoms with Gasteiger partial charge >= 0.3 is 0 Å². The van der Waals surface area contributed by atoms with Gasteiger partial charge in [0.1, 0.15) is 0 Å². The van der Waals surface area contributed by atoms with Crippen molar-refractivity contribution in [3.05, 3.63) is 35.9 Å². The zero-order chi connectivity index (χ0) is 18.7. The number of nitrogens with zero attached hydrogens (tertiary/aromatic N) is 1. The average Bonchev–Trinajstić information content (AvgIpc) is 2.65. The molecule has 0 aliphatic heterocycles. The molecule has 0 radical (unpaired) electrons. The Kier molecular flexibility index (Phi) is 19.3. The van der Waals surface area contributed by atoms with Crippen LogP contribution in [0.25, 0.3) is 0 Å². The maximum absolute atomic E-state index is 2.30. The van der Waals surface area contributed by atoms with Crippen LogP contribution >= 0.6 is 0 Å². The molecule has 0 unspecified atom stereocenters. The Labute approximate surface area is 170 Å². The predicted octanol–water partition coefficient (Wildman–Crippen LogP) is 6.82. The fourth-order valence-corrected chi connectivity index (χ4v) is 3.70. The summed E-state index contributed by atoms with van der Waals surface area (Å²) in [6, 6.07) is 10.9. The first kappa shape index (κ1) is 26.1. The van der Waals surface area contributed by atoms with Gasteiger partial charge < -0.3 is 10.4 Å². The first-order chi connectivity index (χ1) is 12.8. The lowest BCUT2D eigenvalue weighted by molar-refractivity contribution is 0.389. The van der Waals surface area contributed by atoms with Crippen molar-refractivity contribution >= 4 is 0 Å². The molecule has 1 aromatic carbocycles. The maximum atomic E-state index is 2.30. The average molecular weight is 378 g/mol. The Morgan fingerprint density at radius 2 is 0.889 bits per heavy atom. The molecule has 0 heterocycles. The second kappa shape index (κ2) is 19.9. The molecule has 0 amide bonds. The third kappa shape index (κ3) is 18.3. The summed E-state index contributed by atoms with van der Waals surface area (Å²) >= 11 is 0. The number of unbranched alkanes of at least 4 members (excludes halogenated alkanes) is 14. The Morgan fingerprint density at radius 1 is 0.519 bits per heavy atom. The molecule has 158 valence electrons. The first-order valence-electron chi connectivity index (χ1n) is 11.5. The number of rotatable bonds is 18. The smallest absolute Gasteiger partial charge is 0.00248 e. The molecule has 2 nitrogen and oxygen atoms in total. The van der Waals surface area contributed by atoms with Crippen LogP contribution in [0.1, 0.15) is 102 Å². The molecule has 0 saturated carbocycles. The second-order valence-electron chi connectivity index (χ2n) is 8.34. The van der Waals surface area contributed by atoms with Crippen LogP contribution in [-0.4, -0.2) is 31.0 Å².